The van der Waals surface area contributed by atoms with Gasteiger partial charge in [0.1, 0.15) is 0 Å². The van der Waals surface area contributed by atoms with Crippen molar-refractivity contribution in [3.63, 3.8) is 0 Å². The van der Waals surface area contributed by atoms with Crippen LogP contribution in [0.2, 0.25) is 0 Å². The number of rotatable bonds is 4. The summed E-state index contributed by atoms with van der Waals surface area (Å²) in [6.45, 7) is 0. The van der Waals surface area contributed by atoms with Gasteiger partial charge in [0.2, 0.25) is 0 Å². The fraction of sp³-hybridized carbons (Fsp3) is 0.231. The third-order valence-electron chi connectivity index (χ3n) is 2.67. The third-order valence-corrected chi connectivity index (χ3v) is 2.67. The van der Waals surface area contributed by atoms with Gasteiger partial charge >= 0.3 is 5.97 Å². The molecule has 0 amide bonds. The molecule has 0 atom stereocenters. The Balaban J connectivity index is 2.17. The molecule has 0 aliphatic heterocycles. The number of Topliss-reactive ketones (excluding diaryl/α,β-unsaturated/α-hetero) is 1. The van der Waals surface area contributed by atoms with Crippen LogP contribution in [0.25, 0.3) is 10.9 Å². The van der Waals surface area contributed by atoms with Gasteiger partial charge in [-0.25, -0.2) is 0 Å². The van der Waals surface area contributed by atoms with Gasteiger partial charge in [0.25, 0.3) is 0 Å². The maximum Gasteiger partial charge on any atom is 0.305 e. The number of hydrogen-bond donors (Lipinski definition) is 1. The zero-order valence-electron chi connectivity index (χ0n) is 9.53. The average molecular weight is 231 g/mol. The monoisotopic (exact) mass is 231 g/mol. The first-order valence-corrected chi connectivity index (χ1v) is 5.38. The number of ketones is 1. The molecule has 0 saturated carbocycles. The molecule has 0 unspecified atom stereocenters. The fourth-order valence-electron chi connectivity index (χ4n) is 1.75. The standard InChI is InChI=1S/C13H13NO3/c1-17-13(16)7-6-12(15)10-8-14-11-5-3-2-4-9(10)11/h2-5,8,14H,6-7H2,1H3. The molecule has 0 aliphatic carbocycles. The Morgan fingerprint density at radius 1 is 1.24 bits per heavy atom. The smallest absolute Gasteiger partial charge is 0.305 e. The lowest BCUT2D eigenvalue weighted by molar-refractivity contribution is -0.140. The topological polar surface area (TPSA) is 59.2 Å². The first-order chi connectivity index (χ1) is 8.22. The number of nitrogens with one attached hydrogen (secondary N) is 1. The second-order valence-electron chi connectivity index (χ2n) is 3.75. The van der Waals surface area contributed by atoms with Gasteiger partial charge in [0.15, 0.2) is 5.78 Å². The van der Waals surface area contributed by atoms with Gasteiger partial charge in [-0.05, 0) is 6.07 Å². The quantitative estimate of drug-likeness (QED) is 0.648. The SMILES string of the molecule is COC(=O)CCC(=O)c1c[nH]c2ccccc12. The summed E-state index contributed by atoms with van der Waals surface area (Å²) in [6, 6.07) is 7.58. The highest BCUT2D eigenvalue weighted by molar-refractivity contribution is 6.08. The van der Waals surface area contributed by atoms with E-state index in [9.17, 15) is 9.59 Å². The van der Waals surface area contributed by atoms with Crippen molar-refractivity contribution in [2.45, 2.75) is 12.8 Å². The summed E-state index contributed by atoms with van der Waals surface area (Å²) in [4.78, 5) is 25.9. The molecule has 1 N–H and O–H groups in total. The Kier molecular flexibility index (Phi) is 3.23. The molecule has 4 nitrogen and oxygen atoms in total. The van der Waals surface area contributed by atoms with Crippen LogP contribution in [0.15, 0.2) is 30.5 Å². The van der Waals surface area contributed by atoms with Gasteiger partial charge in [-0.3, -0.25) is 9.59 Å². The number of para-hydroxylation sites is 1. The van der Waals surface area contributed by atoms with Crippen LogP contribution >= 0.6 is 0 Å². The van der Waals surface area contributed by atoms with Crippen molar-refractivity contribution in [1.29, 1.82) is 0 Å². The van der Waals surface area contributed by atoms with Gasteiger partial charge in [-0.1, -0.05) is 18.2 Å². The van der Waals surface area contributed by atoms with E-state index in [2.05, 4.69) is 9.72 Å². The highest BCUT2D eigenvalue weighted by atomic mass is 16.5. The van der Waals surface area contributed by atoms with Gasteiger partial charge in [0.05, 0.1) is 13.5 Å². The summed E-state index contributed by atoms with van der Waals surface area (Å²) in [6.07, 6.45) is 1.98. The molecular formula is C13H13NO3. The molecule has 0 fully saturated rings. The number of methoxy groups -OCH3 is 1. The first-order valence-electron chi connectivity index (χ1n) is 5.38. The molecule has 1 aromatic carbocycles. The number of aromatic nitrogens is 1. The van der Waals surface area contributed by atoms with E-state index in [0.717, 1.165) is 10.9 Å². The number of fused-ring (bicyclic) bond motifs is 1. The van der Waals surface area contributed by atoms with Crippen LogP contribution in [0, 0.1) is 0 Å². The van der Waals surface area contributed by atoms with E-state index < -0.39 is 0 Å². The molecular weight excluding hydrogens is 218 g/mol. The molecule has 17 heavy (non-hydrogen) atoms. The molecule has 0 saturated heterocycles. The first kappa shape index (κ1) is 11.4. The number of carbonyl (C=O) groups is 2. The number of ether oxygens (including phenoxy) is 1. The Hall–Kier alpha value is -2.10. The van der Waals surface area contributed by atoms with E-state index in [4.69, 9.17) is 0 Å². The van der Waals surface area contributed by atoms with E-state index in [1.165, 1.54) is 7.11 Å². The summed E-state index contributed by atoms with van der Waals surface area (Å²) >= 11 is 0. The van der Waals surface area contributed by atoms with Crippen LogP contribution in [0.5, 0.6) is 0 Å². The molecule has 0 spiro atoms. The Morgan fingerprint density at radius 3 is 2.76 bits per heavy atom. The van der Waals surface area contributed by atoms with E-state index >= 15 is 0 Å². The third kappa shape index (κ3) is 2.36. The van der Waals surface area contributed by atoms with E-state index in [0.29, 0.717) is 5.56 Å². The van der Waals surface area contributed by atoms with Crippen molar-refractivity contribution in [3.05, 3.63) is 36.0 Å². The lowest BCUT2D eigenvalue weighted by atomic mass is 10.1. The number of H-pyrrole nitrogens is 1. The molecule has 2 aromatic rings. The summed E-state index contributed by atoms with van der Waals surface area (Å²) in [5.41, 5.74) is 1.55. The number of esters is 1. The summed E-state index contributed by atoms with van der Waals surface area (Å²) in [5, 5.41) is 0.891. The van der Waals surface area contributed by atoms with Crippen molar-refractivity contribution in [3.8, 4) is 0 Å². The summed E-state index contributed by atoms with van der Waals surface area (Å²) in [5.74, 6) is -0.411. The number of aromatic amines is 1. The fourth-order valence-corrected chi connectivity index (χ4v) is 1.75. The molecule has 0 radical (unpaired) electrons. The maximum atomic E-state index is 11.9. The van der Waals surface area contributed by atoms with Gasteiger partial charge in [-0.15, -0.1) is 0 Å². The summed E-state index contributed by atoms with van der Waals surface area (Å²) < 4.78 is 4.51. The highest BCUT2D eigenvalue weighted by Crippen LogP contribution is 2.19. The molecule has 88 valence electrons. The van der Waals surface area contributed by atoms with Gasteiger partial charge in [0, 0.05) is 29.1 Å². The van der Waals surface area contributed by atoms with Crippen LogP contribution in [0.1, 0.15) is 23.2 Å². The highest BCUT2D eigenvalue weighted by Gasteiger charge is 2.13. The number of carbonyl (C=O) groups excluding carboxylic acids is 2. The van der Waals surface area contributed by atoms with Crippen LogP contribution in [0.4, 0.5) is 0 Å². The van der Waals surface area contributed by atoms with Crippen LogP contribution < -0.4 is 0 Å². The molecule has 4 heteroatoms. The second kappa shape index (κ2) is 4.82. The van der Waals surface area contributed by atoms with Crippen molar-refractivity contribution in [1.82, 2.24) is 4.98 Å². The zero-order valence-corrected chi connectivity index (χ0v) is 9.53. The second-order valence-corrected chi connectivity index (χ2v) is 3.75. The minimum absolute atomic E-state index is 0.0483. The Labute approximate surface area is 98.6 Å². The average Bonchev–Trinajstić information content (AvgIpc) is 2.79. The van der Waals surface area contributed by atoms with Gasteiger partial charge in [-0.2, -0.15) is 0 Å². The molecule has 1 heterocycles. The minimum Gasteiger partial charge on any atom is -0.469 e. The van der Waals surface area contributed by atoms with Gasteiger partial charge < -0.3 is 9.72 Å². The number of hydrogen-bond acceptors (Lipinski definition) is 3. The largest absolute Gasteiger partial charge is 0.469 e. The Bertz CT molecular complexity index is 557. The van der Waals surface area contributed by atoms with Crippen molar-refractivity contribution in [2.75, 3.05) is 7.11 Å². The molecule has 0 bridgehead atoms. The van der Waals surface area contributed by atoms with Crippen LogP contribution in [-0.2, 0) is 9.53 Å². The molecule has 2 rings (SSSR count). The van der Waals surface area contributed by atoms with E-state index in [1.807, 2.05) is 24.3 Å². The molecule has 1 aromatic heterocycles. The van der Waals surface area contributed by atoms with Crippen LogP contribution in [-0.4, -0.2) is 23.8 Å². The normalized spacial score (nSPS) is 10.4. The van der Waals surface area contributed by atoms with E-state index in [-0.39, 0.29) is 24.6 Å². The van der Waals surface area contributed by atoms with Crippen molar-refractivity contribution in [2.24, 2.45) is 0 Å². The predicted octanol–water partition coefficient (Wildman–Crippen LogP) is 2.30. The number of benzene rings is 1. The predicted molar refractivity (Wildman–Crippen MR) is 63.9 cm³/mol. The molecule has 0 aliphatic rings. The van der Waals surface area contributed by atoms with Crippen molar-refractivity contribution >= 4 is 22.7 Å². The van der Waals surface area contributed by atoms with Crippen LogP contribution in [0.3, 0.4) is 0 Å². The van der Waals surface area contributed by atoms with E-state index in [1.54, 1.807) is 6.20 Å². The lowest BCUT2D eigenvalue weighted by Crippen LogP contribution is -2.05. The lowest BCUT2D eigenvalue weighted by Gasteiger charge is -1.99. The summed E-state index contributed by atoms with van der Waals surface area (Å²) in [7, 11) is 1.32. The Morgan fingerprint density at radius 2 is 2.00 bits per heavy atom. The zero-order chi connectivity index (χ0) is 12.3. The van der Waals surface area contributed by atoms with Crippen molar-refractivity contribution < 1.29 is 14.3 Å². The maximum absolute atomic E-state index is 11.9. The minimum atomic E-state index is -0.363.